The maximum absolute atomic E-state index is 13.0. The summed E-state index contributed by atoms with van der Waals surface area (Å²) in [6.07, 6.45) is 8.72. The number of ether oxygens (including phenoxy) is 2. The summed E-state index contributed by atoms with van der Waals surface area (Å²) >= 11 is 2.90. The lowest BCUT2D eigenvalue weighted by Crippen LogP contribution is -2.66. The highest BCUT2D eigenvalue weighted by molar-refractivity contribution is 7.98. The molecule has 1 aliphatic carbocycles. The van der Waals surface area contributed by atoms with E-state index in [4.69, 9.17) is 9.47 Å². The zero-order valence-electron chi connectivity index (χ0n) is 21.0. The summed E-state index contributed by atoms with van der Waals surface area (Å²) in [6, 6.07) is -0.571. The van der Waals surface area contributed by atoms with Crippen molar-refractivity contribution >= 4 is 51.5 Å². The molecule has 37 heavy (non-hydrogen) atoms. The van der Waals surface area contributed by atoms with Crippen molar-refractivity contribution in [1.82, 2.24) is 14.3 Å². The Bertz CT molecular complexity index is 1260. The smallest absolute Gasteiger partial charge is 0.477 e. The molecule has 1 amide bonds. The second kappa shape index (κ2) is 9.95. The lowest BCUT2D eigenvalue weighted by Gasteiger charge is -2.50. The van der Waals surface area contributed by atoms with Crippen LogP contribution in [0.1, 0.15) is 57.2 Å². The van der Waals surface area contributed by atoms with Crippen LogP contribution in [0.15, 0.2) is 23.2 Å². The van der Waals surface area contributed by atoms with E-state index in [1.807, 2.05) is 23.8 Å². The maximum Gasteiger partial charge on any atom is 0.508 e. The number of imidazole rings is 1. The summed E-state index contributed by atoms with van der Waals surface area (Å²) < 4.78 is 12.8. The molecule has 2 aromatic rings. The number of fused-ring (bicyclic) bond motifs is 2. The van der Waals surface area contributed by atoms with Gasteiger partial charge in [0.2, 0.25) is 5.91 Å². The van der Waals surface area contributed by atoms with Crippen LogP contribution < -0.4 is 0 Å². The first-order valence-corrected chi connectivity index (χ1v) is 14.5. The maximum atomic E-state index is 13.0. The van der Waals surface area contributed by atoms with Crippen molar-refractivity contribution in [3.63, 3.8) is 0 Å². The fourth-order valence-corrected chi connectivity index (χ4v) is 8.02. The Morgan fingerprint density at radius 3 is 2.70 bits per heavy atom. The number of hydrogen-bond acceptors (Lipinski definition) is 9. The van der Waals surface area contributed by atoms with Crippen LogP contribution >= 0.6 is 23.1 Å². The molecule has 1 saturated heterocycles. The van der Waals surface area contributed by atoms with Gasteiger partial charge in [0.05, 0.1) is 29.5 Å². The van der Waals surface area contributed by atoms with Crippen molar-refractivity contribution in [1.29, 1.82) is 0 Å². The summed E-state index contributed by atoms with van der Waals surface area (Å²) in [7, 11) is 0. The molecule has 1 unspecified atom stereocenters. The summed E-state index contributed by atoms with van der Waals surface area (Å²) in [5.41, 5.74) is -0.460. The average molecular weight is 550 g/mol. The number of amides is 1. The van der Waals surface area contributed by atoms with Crippen molar-refractivity contribution in [2.45, 2.75) is 75.6 Å². The normalized spacial score (nSPS) is 26.8. The molecule has 0 bridgehead atoms. The van der Waals surface area contributed by atoms with Crippen LogP contribution in [0.5, 0.6) is 0 Å². The third kappa shape index (κ3) is 4.32. The number of thioether (sulfide) groups is 1. The zero-order valence-corrected chi connectivity index (χ0v) is 22.6. The van der Waals surface area contributed by atoms with Crippen LogP contribution in [0.2, 0.25) is 0 Å². The number of nitrogens with zero attached hydrogens (tertiary/aromatic N) is 3. The summed E-state index contributed by atoms with van der Waals surface area (Å²) in [5, 5.41) is 21.5. The molecule has 0 aromatic carbocycles. The molecule has 1 saturated carbocycles. The van der Waals surface area contributed by atoms with E-state index < -0.39 is 41.5 Å². The molecule has 200 valence electrons. The Morgan fingerprint density at radius 1 is 1.32 bits per heavy atom. The Balaban J connectivity index is 1.47. The topological polar surface area (TPSA) is 131 Å². The minimum absolute atomic E-state index is 0.00854. The molecule has 2 aliphatic heterocycles. The van der Waals surface area contributed by atoms with Crippen LogP contribution in [0, 0.1) is 11.3 Å². The number of hydrogen-bond donors (Lipinski definition) is 2. The molecular formula is C25H31N3O7S2. The van der Waals surface area contributed by atoms with E-state index in [9.17, 15) is 24.6 Å². The third-order valence-electron chi connectivity index (χ3n) is 7.84. The molecule has 3 aliphatic rings. The van der Waals surface area contributed by atoms with Gasteiger partial charge in [0.15, 0.2) is 0 Å². The van der Waals surface area contributed by atoms with Crippen molar-refractivity contribution in [3.8, 4) is 0 Å². The van der Waals surface area contributed by atoms with Gasteiger partial charge >= 0.3 is 12.1 Å². The monoisotopic (exact) mass is 549 g/mol. The fourth-order valence-electron chi connectivity index (χ4n) is 6.06. The largest absolute Gasteiger partial charge is 0.508 e. The van der Waals surface area contributed by atoms with Crippen molar-refractivity contribution in [2.24, 2.45) is 11.3 Å². The number of carboxylic acids is 1. The third-order valence-corrected chi connectivity index (χ3v) is 9.78. The van der Waals surface area contributed by atoms with E-state index in [1.54, 1.807) is 13.3 Å². The van der Waals surface area contributed by atoms with Gasteiger partial charge in [-0.3, -0.25) is 9.20 Å². The van der Waals surface area contributed by atoms with E-state index in [-0.39, 0.29) is 24.8 Å². The lowest BCUT2D eigenvalue weighted by molar-refractivity contribution is -0.167. The van der Waals surface area contributed by atoms with Gasteiger partial charge < -0.3 is 24.6 Å². The van der Waals surface area contributed by atoms with Crippen molar-refractivity contribution in [2.75, 3.05) is 12.9 Å². The second-order valence-corrected chi connectivity index (χ2v) is 12.0. The average Bonchev–Trinajstić information content (AvgIpc) is 3.48. The Hall–Kier alpha value is -2.57. The zero-order chi connectivity index (χ0) is 26.5. The van der Waals surface area contributed by atoms with Crippen molar-refractivity contribution < 1.29 is 34.1 Å². The predicted molar refractivity (Wildman–Crippen MR) is 137 cm³/mol. The standard InChI is InChI=1S/C25H31N3O7S2/c1-13(29)16-19-25(2,9-10-34-24(33)35-14-7-5-4-6-8-14)17(18(23(31)32)28(19)21(16)30)15-11-27-12-26-20(36-3)22(27)37-15/h11-14,16,19,29H,4-10H2,1-3H3,(H,31,32)/t13-,16-,19-,25?/m1/s1. The number of carboxylic acid groups (broad SMARTS) is 1. The minimum atomic E-state index is -1.21. The quantitative estimate of drug-likeness (QED) is 0.285. The first kappa shape index (κ1) is 26.1. The molecule has 0 spiro atoms. The highest BCUT2D eigenvalue weighted by atomic mass is 32.2. The number of aliphatic hydroxyl groups excluding tert-OH is 1. The number of carbonyl (C=O) groups excluding carboxylic acids is 2. The number of thiazole rings is 1. The van der Waals surface area contributed by atoms with E-state index >= 15 is 0 Å². The molecule has 12 heteroatoms. The molecular weight excluding hydrogens is 518 g/mol. The van der Waals surface area contributed by atoms with Gasteiger partial charge in [-0.05, 0) is 45.3 Å². The van der Waals surface area contributed by atoms with Crippen LogP contribution in [0.3, 0.4) is 0 Å². The first-order valence-electron chi connectivity index (χ1n) is 12.5. The SMILES string of the molecule is CSc1ncn2cc(C3=C(C(=O)O)N4C(=O)[C@H]([C@@H](C)O)[C@@H]4C3(C)CCOC(=O)OC3CCCCC3)sc12. The molecule has 2 aromatic heterocycles. The predicted octanol–water partition coefficient (Wildman–Crippen LogP) is 4.02. The lowest BCUT2D eigenvalue weighted by atomic mass is 9.66. The molecule has 2 fully saturated rings. The van der Waals surface area contributed by atoms with Gasteiger partial charge in [-0.2, -0.15) is 0 Å². The second-order valence-electron chi connectivity index (χ2n) is 10.2. The van der Waals surface area contributed by atoms with Crippen LogP contribution in [-0.2, 0) is 19.1 Å². The molecule has 2 N–H and O–H groups in total. The summed E-state index contributed by atoms with van der Waals surface area (Å²) in [4.78, 5) is 45.2. The number of β-lactam (4-membered cyclic amide) rings is 1. The highest BCUT2D eigenvalue weighted by Crippen LogP contribution is 2.60. The van der Waals surface area contributed by atoms with Crippen LogP contribution in [0.25, 0.3) is 10.4 Å². The van der Waals surface area contributed by atoms with E-state index in [0.29, 0.717) is 10.5 Å². The van der Waals surface area contributed by atoms with E-state index in [0.717, 1.165) is 42.0 Å². The molecule has 5 rings (SSSR count). The van der Waals surface area contributed by atoms with Gasteiger partial charge in [0, 0.05) is 17.2 Å². The van der Waals surface area contributed by atoms with Gasteiger partial charge in [-0.25, -0.2) is 14.6 Å². The number of aliphatic hydroxyl groups is 1. The van der Waals surface area contributed by atoms with Gasteiger partial charge in [0.1, 0.15) is 28.0 Å². The van der Waals surface area contributed by atoms with Gasteiger partial charge in [0.25, 0.3) is 0 Å². The first-order chi connectivity index (χ1) is 17.7. The van der Waals surface area contributed by atoms with Gasteiger partial charge in [-0.1, -0.05) is 13.3 Å². The number of aliphatic carboxylic acids is 1. The fraction of sp³-hybridized carbons (Fsp3) is 0.600. The minimum Gasteiger partial charge on any atom is -0.477 e. The Labute approximate surface area is 222 Å². The Morgan fingerprint density at radius 2 is 2.05 bits per heavy atom. The van der Waals surface area contributed by atoms with Crippen molar-refractivity contribution in [3.05, 3.63) is 23.1 Å². The van der Waals surface area contributed by atoms with E-state index in [2.05, 4.69) is 4.98 Å². The molecule has 4 heterocycles. The molecule has 10 nitrogen and oxygen atoms in total. The van der Waals surface area contributed by atoms with Crippen LogP contribution in [-0.4, -0.2) is 73.6 Å². The molecule has 4 atom stereocenters. The Kier molecular flexibility index (Phi) is 7.01. The number of aromatic nitrogens is 2. The molecule has 0 radical (unpaired) electrons. The van der Waals surface area contributed by atoms with Crippen LogP contribution in [0.4, 0.5) is 4.79 Å². The summed E-state index contributed by atoms with van der Waals surface area (Å²) in [5.74, 6) is -2.37. The van der Waals surface area contributed by atoms with E-state index in [1.165, 1.54) is 28.0 Å². The summed E-state index contributed by atoms with van der Waals surface area (Å²) in [6.45, 7) is 3.42. The highest BCUT2D eigenvalue weighted by Gasteiger charge is 2.66. The number of rotatable bonds is 8. The number of carbonyl (C=O) groups is 3. The van der Waals surface area contributed by atoms with Gasteiger partial charge in [-0.15, -0.1) is 23.1 Å².